The third-order valence-electron chi connectivity index (χ3n) is 3.71. The molecule has 0 bridgehead atoms. The largest absolute Gasteiger partial charge is 0.328 e. The number of aromatic nitrogens is 2. The van der Waals surface area contributed by atoms with Crippen molar-refractivity contribution in [2.75, 3.05) is 0 Å². The van der Waals surface area contributed by atoms with Crippen LogP contribution in [0.2, 0.25) is 0 Å². The molecule has 0 aliphatic carbocycles. The van der Waals surface area contributed by atoms with Crippen molar-refractivity contribution in [2.45, 2.75) is 33.2 Å². The maximum absolute atomic E-state index is 4.63. The first kappa shape index (κ1) is 10.6. The molecule has 1 atom stereocenters. The fourth-order valence-electron chi connectivity index (χ4n) is 2.65. The quantitative estimate of drug-likeness (QED) is 0.728. The average molecular weight is 226 g/mol. The number of benzene rings is 1. The molecule has 1 aliphatic rings. The predicted octanol–water partition coefficient (Wildman–Crippen LogP) is 3.44. The lowest BCUT2D eigenvalue weighted by Crippen LogP contribution is -2.18. The molecule has 17 heavy (non-hydrogen) atoms. The van der Waals surface area contributed by atoms with Gasteiger partial charge in [0.05, 0.1) is 0 Å². The SMILES string of the molecule is Cc1ccccc1-c1ncc2n1CC(C)CC2. The Balaban J connectivity index is 2.11. The van der Waals surface area contributed by atoms with Gasteiger partial charge in [0.25, 0.3) is 0 Å². The lowest BCUT2D eigenvalue weighted by atomic mass is 10.00. The fourth-order valence-corrected chi connectivity index (χ4v) is 2.65. The van der Waals surface area contributed by atoms with Crippen molar-refractivity contribution >= 4 is 0 Å². The molecule has 0 radical (unpaired) electrons. The number of rotatable bonds is 1. The predicted molar refractivity (Wildman–Crippen MR) is 69.9 cm³/mol. The molecule has 2 nitrogen and oxygen atoms in total. The maximum Gasteiger partial charge on any atom is 0.140 e. The van der Waals surface area contributed by atoms with E-state index in [0.29, 0.717) is 0 Å². The molecule has 0 spiro atoms. The van der Waals surface area contributed by atoms with Gasteiger partial charge in [0.1, 0.15) is 5.82 Å². The van der Waals surface area contributed by atoms with E-state index >= 15 is 0 Å². The van der Waals surface area contributed by atoms with Crippen LogP contribution >= 0.6 is 0 Å². The molecule has 0 N–H and O–H groups in total. The van der Waals surface area contributed by atoms with Gasteiger partial charge in [-0.2, -0.15) is 0 Å². The van der Waals surface area contributed by atoms with E-state index in [4.69, 9.17) is 0 Å². The van der Waals surface area contributed by atoms with Gasteiger partial charge >= 0.3 is 0 Å². The van der Waals surface area contributed by atoms with Gasteiger partial charge < -0.3 is 4.57 Å². The van der Waals surface area contributed by atoms with Gasteiger partial charge in [-0.1, -0.05) is 31.2 Å². The van der Waals surface area contributed by atoms with Crippen LogP contribution in [0.15, 0.2) is 30.5 Å². The number of nitrogens with zero attached hydrogens (tertiary/aromatic N) is 2. The summed E-state index contributed by atoms with van der Waals surface area (Å²) in [5.74, 6) is 1.91. The minimum atomic E-state index is 0.763. The van der Waals surface area contributed by atoms with Gasteiger partial charge in [0.2, 0.25) is 0 Å². The molecule has 1 unspecified atom stereocenters. The summed E-state index contributed by atoms with van der Waals surface area (Å²) in [6.07, 6.45) is 4.51. The smallest absolute Gasteiger partial charge is 0.140 e. The first-order valence-electron chi connectivity index (χ1n) is 6.36. The van der Waals surface area contributed by atoms with Crippen molar-refractivity contribution in [1.82, 2.24) is 9.55 Å². The Morgan fingerprint density at radius 1 is 1.29 bits per heavy atom. The second kappa shape index (κ2) is 4.02. The number of hydrogen-bond donors (Lipinski definition) is 0. The number of hydrogen-bond acceptors (Lipinski definition) is 1. The van der Waals surface area contributed by atoms with Gasteiger partial charge in [-0.25, -0.2) is 4.98 Å². The molecule has 88 valence electrons. The highest BCUT2D eigenvalue weighted by atomic mass is 15.1. The first-order chi connectivity index (χ1) is 8.25. The van der Waals surface area contributed by atoms with Crippen LogP contribution in [0.5, 0.6) is 0 Å². The first-order valence-corrected chi connectivity index (χ1v) is 6.36. The summed E-state index contributed by atoms with van der Waals surface area (Å²) in [5.41, 5.74) is 3.97. The molecular formula is C15H18N2. The van der Waals surface area contributed by atoms with E-state index in [0.717, 1.165) is 18.3 Å². The average Bonchev–Trinajstić information content (AvgIpc) is 2.72. The summed E-state index contributed by atoms with van der Waals surface area (Å²) in [6.45, 7) is 5.59. The molecule has 2 heteroatoms. The van der Waals surface area contributed by atoms with Crippen molar-refractivity contribution in [3.63, 3.8) is 0 Å². The van der Waals surface area contributed by atoms with Gasteiger partial charge in [-0.05, 0) is 31.2 Å². The van der Waals surface area contributed by atoms with Gasteiger partial charge in [0.15, 0.2) is 0 Å². The van der Waals surface area contributed by atoms with Crippen LogP contribution in [0.1, 0.15) is 24.6 Å². The van der Waals surface area contributed by atoms with E-state index in [-0.39, 0.29) is 0 Å². The zero-order valence-corrected chi connectivity index (χ0v) is 10.5. The third kappa shape index (κ3) is 1.78. The van der Waals surface area contributed by atoms with Gasteiger partial charge in [-0.15, -0.1) is 0 Å². The summed E-state index contributed by atoms with van der Waals surface area (Å²) in [7, 11) is 0. The van der Waals surface area contributed by atoms with Crippen LogP contribution in [-0.4, -0.2) is 9.55 Å². The Labute approximate surface area is 102 Å². The number of fused-ring (bicyclic) bond motifs is 1. The highest BCUT2D eigenvalue weighted by Gasteiger charge is 2.19. The molecule has 0 fully saturated rings. The molecule has 0 saturated carbocycles. The molecule has 2 heterocycles. The van der Waals surface area contributed by atoms with Crippen LogP contribution < -0.4 is 0 Å². The van der Waals surface area contributed by atoms with E-state index in [1.165, 1.54) is 29.7 Å². The highest BCUT2D eigenvalue weighted by molar-refractivity contribution is 5.60. The minimum Gasteiger partial charge on any atom is -0.328 e. The number of imidazole rings is 1. The van der Waals surface area contributed by atoms with E-state index in [9.17, 15) is 0 Å². The van der Waals surface area contributed by atoms with Crippen molar-refractivity contribution in [2.24, 2.45) is 5.92 Å². The summed E-state index contributed by atoms with van der Waals surface area (Å²) in [4.78, 5) is 4.63. The fraction of sp³-hybridized carbons (Fsp3) is 0.400. The van der Waals surface area contributed by atoms with Crippen LogP contribution in [0.4, 0.5) is 0 Å². The highest BCUT2D eigenvalue weighted by Crippen LogP contribution is 2.28. The van der Waals surface area contributed by atoms with E-state index in [2.05, 4.69) is 47.7 Å². The van der Waals surface area contributed by atoms with E-state index in [1.54, 1.807) is 0 Å². The summed E-state index contributed by atoms with van der Waals surface area (Å²) >= 11 is 0. The standard InChI is InChI=1S/C15H18N2/c1-11-7-8-13-9-16-15(17(13)10-11)14-6-4-3-5-12(14)2/h3-6,9,11H,7-8,10H2,1-2H3. The second-order valence-corrected chi connectivity index (χ2v) is 5.14. The lowest BCUT2D eigenvalue weighted by Gasteiger charge is -2.22. The zero-order chi connectivity index (χ0) is 11.8. The second-order valence-electron chi connectivity index (χ2n) is 5.14. The van der Waals surface area contributed by atoms with Crippen LogP contribution in [-0.2, 0) is 13.0 Å². The molecular weight excluding hydrogens is 208 g/mol. The summed E-state index contributed by atoms with van der Waals surface area (Å²) in [5, 5.41) is 0. The molecule has 0 saturated heterocycles. The Morgan fingerprint density at radius 2 is 2.12 bits per heavy atom. The molecule has 1 aliphatic heterocycles. The van der Waals surface area contributed by atoms with Crippen molar-refractivity contribution in [1.29, 1.82) is 0 Å². The van der Waals surface area contributed by atoms with Crippen LogP contribution in [0.3, 0.4) is 0 Å². The van der Waals surface area contributed by atoms with E-state index < -0.39 is 0 Å². The Bertz CT molecular complexity index is 540. The topological polar surface area (TPSA) is 17.8 Å². The van der Waals surface area contributed by atoms with Crippen molar-refractivity contribution < 1.29 is 0 Å². The van der Waals surface area contributed by atoms with Crippen LogP contribution in [0.25, 0.3) is 11.4 Å². The molecule has 1 aromatic heterocycles. The lowest BCUT2D eigenvalue weighted by molar-refractivity contribution is 0.402. The molecule has 3 rings (SSSR count). The van der Waals surface area contributed by atoms with Crippen LogP contribution in [0, 0.1) is 12.8 Å². The van der Waals surface area contributed by atoms with Gasteiger partial charge in [-0.3, -0.25) is 0 Å². The van der Waals surface area contributed by atoms with E-state index in [1.807, 2.05) is 6.20 Å². The zero-order valence-electron chi connectivity index (χ0n) is 10.5. The summed E-state index contributed by atoms with van der Waals surface area (Å²) in [6, 6.07) is 8.51. The summed E-state index contributed by atoms with van der Waals surface area (Å²) < 4.78 is 2.40. The number of aryl methyl sites for hydroxylation is 2. The van der Waals surface area contributed by atoms with Crippen molar-refractivity contribution in [3.8, 4) is 11.4 Å². The Morgan fingerprint density at radius 3 is 2.94 bits per heavy atom. The van der Waals surface area contributed by atoms with Gasteiger partial charge in [0, 0.05) is 24.0 Å². The minimum absolute atomic E-state index is 0.763. The Kier molecular flexibility index (Phi) is 2.50. The van der Waals surface area contributed by atoms with Crippen molar-refractivity contribution in [3.05, 3.63) is 41.7 Å². The Hall–Kier alpha value is -1.57. The molecule has 1 aromatic carbocycles. The monoisotopic (exact) mass is 226 g/mol. The molecule has 2 aromatic rings. The third-order valence-corrected chi connectivity index (χ3v) is 3.71. The normalized spacial score (nSPS) is 19.1. The maximum atomic E-state index is 4.63. The molecule has 0 amide bonds.